The van der Waals surface area contributed by atoms with Gasteiger partial charge in [-0.1, -0.05) is 18.1 Å². The van der Waals surface area contributed by atoms with Crippen LogP contribution in [0.3, 0.4) is 0 Å². The summed E-state index contributed by atoms with van der Waals surface area (Å²) in [6.07, 6.45) is 7.35. The third-order valence-corrected chi connectivity index (χ3v) is 3.86. The summed E-state index contributed by atoms with van der Waals surface area (Å²) in [4.78, 5) is 18.7. The van der Waals surface area contributed by atoms with E-state index in [0.29, 0.717) is 5.69 Å². The van der Waals surface area contributed by atoms with Gasteiger partial charge < -0.3 is 9.42 Å². The number of amides is 1. The molecule has 0 radical (unpaired) electrons. The van der Waals surface area contributed by atoms with Gasteiger partial charge in [0.2, 0.25) is 0 Å². The van der Waals surface area contributed by atoms with Gasteiger partial charge >= 0.3 is 0 Å². The Hall–Kier alpha value is -2.17. The van der Waals surface area contributed by atoms with Crippen molar-refractivity contribution in [3.05, 3.63) is 47.6 Å². The van der Waals surface area contributed by atoms with Gasteiger partial charge in [-0.3, -0.25) is 9.78 Å². The first kappa shape index (κ1) is 13.8. The summed E-state index contributed by atoms with van der Waals surface area (Å²) in [5, 5.41) is 3.93. The number of pyridine rings is 1. The Bertz CT molecular complexity index is 609. The minimum atomic E-state index is -0.0487. The summed E-state index contributed by atoms with van der Waals surface area (Å²) in [6.45, 7) is 2.83. The molecule has 1 amide bonds. The predicted molar refractivity (Wildman–Crippen MR) is 77.7 cm³/mol. The van der Waals surface area contributed by atoms with Crippen LogP contribution >= 0.6 is 0 Å². The number of carbonyl (C=O) groups excluding carboxylic acids is 1. The molecule has 21 heavy (non-hydrogen) atoms. The van der Waals surface area contributed by atoms with Gasteiger partial charge in [0.25, 0.3) is 5.91 Å². The van der Waals surface area contributed by atoms with Crippen LogP contribution in [-0.4, -0.2) is 27.5 Å². The molecule has 1 saturated heterocycles. The van der Waals surface area contributed by atoms with Crippen molar-refractivity contribution in [3.63, 3.8) is 0 Å². The van der Waals surface area contributed by atoms with Crippen molar-refractivity contribution in [2.45, 2.75) is 38.6 Å². The van der Waals surface area contributed by atoms with Crippen LogP contribution in [0.4, 0.5) is 0 Å². The number of aryl methyl sites for hydroxylation is 1. The molecule has 0 spiro atoms. The highest BCUT2D eigenvalue weighted by atomic mass is 16.5. The van der Waals surface area contributed by atoms with Crippen molar-refractivity contribution in [1.82, 2.24) is 15.0 Å². The van der Waals surface area contributed by atoms with Crippen LogP contribution in [0.2, 0.25) is 0 Å². The zero-order chi connectivity index (χ0) is 14.7. The Kier molecular flexibility index (Phi) is 3.99. The van der Waals surface area contributed by atoms with E-state index in [1.165, 1.54) is 0 Å². The van der Waals surface area contributed by atoms with Crippen molar-refractivity contribution in [3.8, 4) is 0 Å². The molecule has 0 bridgehead atoms. The van der Waals surface area contributed by atoms with E-state index in [4.69, 9.17) is 4.52 Å². The Morgan fingerprint density at radius 2 is 2.43 bits per heavy atom. The maximum Gasteiger partial charge on any atom is 0.276 e. The largest absolute Gasteiger partial charge is 0.361 e. The molecule has 1 atom stereocenters. The van der Waals surface area contributed by atoms with Crippen molar-refractivity contribution >= 4 is 5.91 Å². The summed E-state index contributed by atoms with van der Waals surface area (Å²) in [7, 11) is 0. The molecule has 1 aliphatic rings. The van der Waals surface area contributed by atoms with E-state index in [9.17, 15) is 4.79 Å². The van der Waals surface area contributed by atoms with Crippen LogP contribution in [0, 0.1) is 0 Å². The number of hydrogen-bond donors (Lipinski definition) is 0. The lowest BCUT2D eigenvalue weighted by Crippen LogP contribution is -2.30. The standard InChI is InChI=1S/C16H19N3O2/c1-2-5-13-10-14(18-21-13)16(20)19-9-4-7-15(19)12-6-3-8-17-11-12/h3,6,8,10-11,15H,2,4-5,7,9H2,1H3. The molecule has 0 N–H and O–H groups in total. The van der Waals surface area contributed by atoms with Crippen LogP contribution in [0.1, 0.15) is 54.0 Å². The molecule has 0 aromatic carbocycles. The minimum Gasteiger partial charge on any atom is -0.361 e. The molecule has 3 rings (SSSR count). The maximum absolute atomic E-state index is 12.6. The smallest absolute Gasteiger partial charge is 0.276 e. The molecule has 3 heterocycles. The molecule has 1 unspecified atom stereocenters. The summed E-state index contributed by atoms with van der Waals surface area (Å²) >= 11 is 0. The maximum atomic E-state index is 12.6. The molecule has 5 heteroatoms. The third kappa shape index (κ3) is 2.82. The van der Waals surface area contributed by atoms with E-state index in [0.717, 1.165) is 43.6 Å². The lowest BCUT2D eigenvalue weighted by Gasteiger charge is -2.23. The number of rotatable bonds is 4. The summed E-state index contributed by atoms with van der Waals surface area (Å²) in [5.41, 5.74) is 1.50. The van der Waals surface area contributed by atoms with Crippen molar-refractivity contribution in [2.24, 2.45) is 0 Å². The molecule has 2 aromatic heterocycles. The number of likely N-dealkylation sites (tertiary alicyclic amines) is 1. The van der Waals surface area contributed by atoms with Gasteiger partial charge in [-0.05, 0) is 30.9 Å². The van der Waals surface area contributed by atoms with Crippen LogP contribution in [0.15, 0.2) is 35.1 Å². The number of hydrogen-bond acceptors (Lipinski definition) is 4. The molecule has 1 fully saturated rings. The van der Waals surface area contributed by atoms with E-state index in [2.05, 4.69) is 17.1 Å². The molecule has 1 aliphatic heterocycles. The second kappa shape index (κ2) is 6.08. The highest BCUT2D eigenvalue weighted by Crippen LogP contribution is 2.32. The van der Waals surface area contributed by atoms with E-state index in [1.807, 2.05) is 23.2 Å². The number of aromatic nitrogens is 2. The first-order chi connectivity index (χ1) is 10.3. The van der Waals surface area contributed by atoms with E-state index < -0.39 is 0 Å². The van der Waals surface area contributed by atoms with Crippen LogP contribution in [0.5, 0.6) is 0 Å². The monoisotopic (exact) mass is 285 g/mol. The highest BCUT2D eigenvalue weighted by molar-refractivity contribution is 5.92. The zero-order valence-electron chi connectivity index (χ0n) is 12.2. The fourth-order valence-electron chi connectivity index (χ4n) is 2.85. The molecule has 0 saturated carbocycles. The van der Waals surface area contributed by atoms with Gasteiger partial charge in [-0.25, -0.2) is 0 Å². The fourth-order valence-corrected chi connectivity index (χ4v) is 2.85. The van der Waals surface area contributed by atoms with E-state index >= 15 is 0 Å². The lowest BCUT2D eigenvalue weighted by molar-refractivity contribution is 0.0725. The van der Waals surface area contributed by atoms with Crippen LogP contribution < -0.4 is 0 Å². The quantitative estimate of drug-likeness (QED) is 0.866. The van der Waals surface area contributed by atoms with Gasteiger partial charge in [0.15, 0.2) is 5.69 Å². The Morgan fingerprint density at radius 1 is 1.52 bits per heavy atom. The van der Waals surface area contributed by atoms with E-state index in [-0.39, 0.29) is 11.9 Å². The van der Waals surface area contributed by atoms with Crippen molar-refractivity contribution < 1.29 is 9.32 Å². The molecule has 2 aromatic rings. The summed E-state index contributed by atoms with van der Waals surface area (Å²) in [5.74, 6) is 0.727. The first-order valence-electron chi connectivity index (χ1n) is 7.46. The predicted octanol–water partition coefficient (Wildman–Crippen LogP) is 3.00. The molecule has 5 nitrogen and oxygen atoms in total. The Morgan fingerprint density at radius 3 is 3.19 bits per heavy atom. The minimum absolute atomic E-state index is 0.0487. The first-order valence-corrected chi connectivity index (χ1v) is 7.46. The Balaban J connectivity index is 1.79. The van der Waals surface area contributed by atoms with Gasteiger partial charge in [-0.15, -0.1) is 0 Å². The number of nitrogens with zero attached hydrogens (tertiary/aromatic N) is 3. The summed E-state index contributed by atoms with van der Waals surface area (Å²) in [6, 6.07) is 5.79. The molecule has 0 aliphatic carbocycles. The Labute approximate surface area is 124 Å². The van der Waals surface area contributed by atoms with Gasteiger partial charge in [0.1, 0.15) is 5.76 Å². The van der Waals surface area contributed by atoms with Crippen LogP contribution in [0.25, 0.3) is 0 Å². The summed E-state index contributed by atoms with van der Waals surface area (Å²) < 4.78 is 5.22. The highest BCUT2D eigenvalue weighted by Gasteiger charge is 2.32. The third-order valence-electron chi connectivity index (χ3n) is 3.86. The molecule has 110 valence electrons. The average Bonchev–Trinajstić information content (AvgIpc) is 3.17. The topological polar surface area (TPSA) is 59.2 Å². The normalized spacial score (nSPS) is 18.1. The van der Waals surface area contributed by atoms with Gasteiger partial charge in [0.05, 0.1) is 6.04 Å². The average molecular weight is 285 g/mol. The van der Waals surface area contributed by atoms with Gasteiger partial charge in [-0.2, -0.15) is 0 Å². The second-order valence-electron chi connectivity index (χ2n) is 5.37. The fraction of sp³-hybridized carbons (Fsp3) is 0.438. The molecular weight excluding hydrogens is 266 g/mol. The number of carbonyl (C=O) groups is 1. The zero-order valence-corrected chi connectivity index (χ0v) is 12.2. The van der Waals surface area contributed by atoms with Crippen molar-refractivity contribution in [1.29, 1.82) is 0 Å². The van der Waals surface area contributed by atoms with E-state index in [1.54, 1.807) is 12.3 Å². The lowest BCUT2D eigenvalue weighted by atomic mass is 10.1. The SMILES string of the molecule is CCCc1cc(C(=O)N2CCCC2c2cccnc2)no1. The molecular formula is C16H19N3O2. The second-order valence-corrected chi connectivity index (χ2v) is 5.37. The van der Waals surface area contributed by atoms with Crippen LogP contribution in [-0.2, 0) is 6.42 Å². The van der Waals surface area contributed by atoms with Crippen molar-refractivity contribution in [2.75, 3.05) is 6.54 Å². The van der Waals surface area contributed by atoms with Gasteiger partial charge in [0, 0.05) is 31.4 Å².